The minimum atomic E-state index is -0.382. The van der Waals surface area contributed by atoms with Gasteiger partial charge < -0.3 is 4.74 Å². The number of ether oxygens (including phenoxy) is 1. The summed E-state index contributed by atoms with van der Waals surface area (Å²) in [6.45, 7) is 6.06. The smallest absolute Gasteiger partial charge is 0.244 e. The van der Waals surface area contributed by atoms with Gasteiger partial charge in [0, 0.05) is 12.1 Å². The van der Waals surface area contributed by atoms with E-state index in [0.29, 0.717) is 30.0 Å². The number of aryl methyl sites for hydroxylation is 1. The van der Waals surface area contributed by atoms with Crippen LogP contribution in [0.15, 0.2) is 24.3 Å². The van der Waals surface area contributed by atoms with Gasteiger partial charge in [-0.15, -0.1) is 5.10 Å². The van der Waals surface area contributed by atoms with Crippen molar-refractivity contribution in [3.63, 3.8) is 0 Å². The van der Waals surface area contributed by atoms with Crippen LogP contribution in [0.4, 0.5) is 4.39 Å². The number of carbonyl (C=O) groups excluding carboxylic acids is 1. The number of aromatic nitrogens is 2. The molecule has 1 heterocycles. The minimum Gasteiger partial charge on any atom is -0.476 e. The number of halogens is 1. The Morgan fingerprint density at radius 1 is 1.35 bits per heavy atom. The van der Waals surface area contributed by atoms with Gasteiger partial charge in [0.2, 0.25) is 5.88 Å². The van der Waals surface area contributed by atoms with Crippen molar-refractivity contribution in [2.75, 3.05) is 6.61 Å². The Hall–Kier alpha value is -2.17. The Balaban J connectivity index is 2.73. The Labute approximate surface area is 117 Å². The quantitative estimate of drug-likeness (QED) is 0.787. The van der Waals surface area contributed by atoms with Gasteiger partial charge in [0.15, 0.2) is 5.78 Å². The molecule has 20 heavy (non-hydrogen) atoms. The summed E-state index contributed by atoms with van der Waals surface area (Å²) in [5.41, 5.74) is 1.17. The summed E-state index contributed by atoms with van der Waals surface area (Å²) >= 11 is 0. The third-order valence-electron chi connectivity index (χ3n) is 2.98. The summed E-state index contributed by atoms with van der Waals surface area (Å²) in [6, 6.07) is 6.35. The monoisotopic (exact) mass is 276 g/mol. The molecule has 0 fully saturated rings. The van der Waals surface area contributed by atoms with Crippen LogP contribution >= 0.6 is 0 Å². The molecule has 5 heteroatoms. The first kappa shape index (κ1) is 14.2. The number of hydrogen-bond donors (Lipinski definition) is 0. The summed E-state index contributed by atoms with van der Waals surface area (Å²) in [5, 5.41) is 4.26. The second-order valence-electron chi connectivity index (χ2n) is 4.31. The molecule has 1 aromatic heterocycles. The van der Waals surface area contributed by atoms with E-state index < -0.39 is 0 Å². The number of benzene rings is 1. The Kier molecular flexibility index (Phi) is 4.17. The Morgan fingerprint density at radius 2 is 2.05 bits per heavy atom. The molecule has 4 nitrogen and oxygen atoms in total. The number of Topliss-reactive ketones (excluding diaryl/α,β-unsaturated/α-hetero) is 1. The Bertz CT molecular complexity index is 635. The molecule has 106 valence electrons. The van der Waals surface area contributed by atoms with Gasteiger partial charge in [-0.1, -0.05) is 12.1 Å². The minimum absolute atomic E-state index is 0.189. The molecule has 0 aliphatic carbocycles. The lowest BCUT2D eigenvalue weighted by Gasteiger charge is -2.07. The predicted molar refractivity (Wildman–Crippen MR) is 74.5 cm³/mol. The predicted octanol–water partition coefficient (Wildman–Crippen LogP) is 3.31. The number of ketones is 1. The highest BCUT2D eigenvalue weighted by atomic mass is 19.1. The molecule has 0 aliphatic heterocycles. The molecule has 0 atom stereocenters. The average Bonchev–Trinajstić information content (AvgIpc) is 2.78. The van der Waals surface area contributed by atoms with Crippen LogP contribution in [-0.2, 0) is 6.54 Å². The van der Waals surface area contributed by atoms with Gasteiger partial charge in [-0.05, 0) is 32.9 Å². The highest BCUT2D eigenvalue weighted by Crippen LogP contribution is 2.32. The molecule has 2 rings (SSSR count). The van der Waals surface area contributed by atoms with Crippen molar-refractivity contribution in [1.82, 2.24) is 9.78 Å². The summed E-state index contributed by atoms with van der Waals surface area (Å²) in [7, 11) is 0. The fraction of sp³-hybridized carbons (Fsp3) is 0.333. The molecule has 0 unspecified atom stereocenters. The number of nitrogens with zero attached hydrogens (tertiary/aromatic N) is 2. The van der Waals surface area contributed by atoms with Crippen molar-refractivity contribution in [2.24, 2.45) is 0 Å². The zero-order valence-corrected chi connectivity index (χ0v) is 11.8. The molecule has 0 aliphatic rings. The van der Waals surface area contributed by atoms with Crippen LogP contribution in [0.25, 0.3) is 11.3 Å². The molecular weight excluding hydrogens is 259 g/mol. The lowest BCUT2D eigenvalue weighted by molar-refractivity contribution is 0.101. The van der Waals surface area contributed by atoms with E-state index in [0.717, 1.165) is 0 Å². The first-order valence-corrected chi connectivity index (χ1v) is 6.59. The van der Waals surface area contributed by atoms with E-state index in [-0.39, 0.29) is 17.5 Å². The van der Waals surface area contributed by atoms with Gasteiger partial charge >= 0.3 is 0 Å². The van der Waals surface area contributed by atoms with Crippen molar-refractivity contribution in [2.45, 2.75) is 27.3 Å². The lowest BCUT2D eigenvalue weighted by atomic mass is 10.0. The van der Waals surface area contributed by atoms with Gasteiger partial charge in [-0.3, -0.25) is 9.48 Å². The van der Waals surface area contributed by atoms with Gasteiger partial charge in [0.1, 0.15) is 11.4 Å². The SMILES string of the molecule is CCOc1nn(CC)c(-c2ccccc2F)c1C(C)=O. The molecule has 0 radical (unpaired) electrons. The van der Waals surface area contributed by atoms with E-state index in [1.807, 2.05) is 13.8 Å². The average molecular weight is 276 g/mol. The van der Waals surface area contributed by atoms with Crippen LogP contribution in [0.1, 0.15) is 31.1 Å². The maximum Gasteiger partial charge on any atom is 0.244 e. The standard InChI is InChI=1S/C15H17FN2O2/c1-4-18-14(11-8-6-7-9-12(11)16)13(10(3)19)15(17-18)20-5-2/h6-9H,4-5H2,1-3H3. The van der Waals surface area contributed by atoms with Gasteiger partial charge in [-0.25, -0.2) is 4.39 Å². The number of rotatable bonds is 5. The molecule has 0 amide bonds. The van der Waals surface area contributed by atoms with Gasteiger partial charge in [-0.2, -0.15) is 0 Å². The number of carbonyl (C=O) groups is 1. The second kappa shape index (κ2) is 5.86. The topological polar surface area (TPSA) is 44.1 Å². The molecule has 0 N–H and O–H groups in total. The van der Waals surface area contributed by atoms with Crippen molar-refractivity contribution >= 4 is 5.78 Å². The summed E-state index contributed by atoms with van der Waals surface area (Å²) in [4.78, 5) is 11.9. The fourth-order valence-corrected chi connectivity index (χ4v) is 2.15. The maximum atomic E-state index is 14.0. The molecule has 0 saturated heterocycles. The first-order valence-electron chi connectivity index (χ1n) is 6.59. The van der Waals surface area contributed by atoms with Gasteiger partial charge in [0.25, 0.3) is 0 Å². The van der Waals surface area contributed by atoms with Crippen molar-refractivity contribution in [1.29, 1.82) is 0 Å². The maximum absolute atomic E-state index is 14.0. The molecule has 0 saturated carbocycles. The van der Waals surface area contributed by atoms with Crippen molar-refractivity contribution < 1.29 is 13.9 Å². The zero-order valence-electron chi connectivity index (χ0n) is 11.8. The summed E-state index contributed by atoms with van der Waals surface area (Å²) in [5.74, 6) is -0.306. The van der Waals surface area contributed by atoms with E-state index in [2.05, 4.69) is 5.10 Å². The van der Waals surface area contributed by atoms with Crippen LogP contribution in [-0.4, -0.2) is 22.2 Å². The third kappa shape index (κ3) is 2.43. The zero-order chi connectivity index (χ0) is 14.7. The summed E-state index contributed by atoms with van der Waals surface area (Å²) < 4.78 is 21.0. The lowest BCUT2D eigenvalue weighted by Crippen LogP contribution is -2.03. The second-order valence-corrected chi connectivity index (χ2v) is 4.31. The molecular formula is C15H17FN2O2. The van der Waals surface area contributed by atoms with Crippen LogP contribution < -0.4 is 4.74 Å². The van der Waals surface area contributed by atoms with Gasteiger partial charge in [0.05, 0.1) is 12.3 Å². The molecule has 0 spiro atoms. The fourth-order valence-electron chi connectivity index (χ4n) is 2.15. The summed E-state index contributed by atoms with van der Waals surface area (Å²) in [6.07, 6.45) is 0. The van der Waals surface area contributed by atoms with Crippen molar-refractivity contribution in [3.8, 4) is 17.1 Å². The highest BCUT2D eigenvalue weighted by Gasteiger charge is 2.24. The van der Waals surface area contributed by atoms with E-state index in [4.69, 9.17) is 4.74 Å². The van der Waals surface area contributed by atoms with Crippen LogP contribution in [0, 0.1) is 5.82 Å². The largest absolute Gasteiger partial charge is 0.476 e. The number of hydrogen-bond acceptors (Lipinski definition) is 3. The molecule has 0 bridgehead atoms. The van der Waals surface area contributed by atoms with E-state index in [1.165, 1.54) is 13.0 Å². The molecule has 2 aromatic rings. The van der Waals surface area contributed by atoms with Crippen LogP contribution in [0.2, 0.25) is 0 Å². The van der Waals surface area contributed by atoms with E-state index in [1.54, 1.807) is 22.9 Å². The van der Waals surface area contributed by atoms with Crippen molar-refractivity contribution in [3.05, 3.63) is 35.6 Å². The Morgan fingerprint density at radius 3 is 2.60 bits per heavy atom. The highest BCUT2D eigenvalue weighted by molar-refractivity contribution is 6.02. The van der Waals surface area contributed by atoms with Crippen LogP contribution in [0.5, 0.6) is 5.88 Å². The first-order chi connectivity index (χ1) is 9.60. The van der Waals surface area contributed by atoms with E-state index >= 15 is 0 Å². The van der Waals surface area contributed by atoms with Crippen LogP contribution in [0.3, 0.4) is 0 Å². The normalized spacial score (nSPS) is 10.6. The molecule has 1 aromatic carbocycles. The van der Waals surface area contributed by atoms with E-state index in [9.17, 15) is 9.18 Å². The third-order valence-corrected chi connectivity index (χ3v) is 2.98.